The maximum absolute atomic E-state index is 4.76. The van der Waals surface area contributed by atoms with Gasteiger partial charge in [0.25, 0.3) is 0 Å². The monoisotopic (exact) mass is 536 g/mol. The fourth-order valence-electron chi connectivity index (χ4n) is 10.5. The molecule has 41 heavy (non-hydrogen) atoms. The Morgan fingerprint density at radius 2 is 1.39 bits per heavy atom. The van der Waals surface area contributed by atoms with Crippen LogP contribution in [0.4, 0.5) is 11.4 Å². The molecular formula is C39H40N2. The van der Waals surface area contributed by atoms with Crippen LogP contribution in [0, 0.1) is 23.7 Å². The van der Waals surface area contributed by atoms with Gasteiger partial charge < -0.3 is 5.32 Å². The Morgan fingerprint density at radius 1 is 0.634 bits per heavy atom. The van der Waals surface area contributed by atoms with E-state index in [1.807, 2.05) is 12.3 Å². The minimum absolute atomic E-state index is 0.120. The van der Waals surface area contributed by atoms with Crippen molar-refractivity contribution in [1.29, 1.82) is 0 Å². The summed E-state index contributed by atoms with van der Waals surface area (Å²) < 4.78 is 0. The predicted octanol–water partition coefficient (Wildman–Crippen LogP) is 10.3. The third kappa shape index (κ3) is 3.79. The number of anilines is 2. The number of fused-ring (bicyclic) bond motifs is 5. The first-order valence-electron chi connectivity index (χ1n) is 16.3. The van der Waals surface area contributed by atoms with Crippen LogP contribution in [0.25, 0.3) is 22.4 Å². The van der Waals surface area contributed by atoms with E-state index in [9.17, 15) is 0 Å². The molecule has 206 valence electrons. The molecule has 0 aliphatic heterocycles. The van der Waals surface area contributed by atoms with E-state index in [1.165, 1.54) is 103 Å². The van der Waals surface area contributed by atoms with E-state index in [0.29, 0.717) is 0 Å². The summed E-state index contributed by atoms with van der Waals surface area (Å²) in [6.07, 6.45) is 15.8. The van der Waals surface area contributed by atoms with Gasteiger partial charge in [0.05, 0.1) is 5.69 Å². The highest BCUT2D eigenvalue weighted by Gasteiger charge is 2.48. The zero-order chi connectivity index (χ0) is 27.0. The fraction of sp³-hybridized carbons (Fsp3) is 0.410. The Kier molecular flexibility index (Phi) is 5.50. The van der Waals surface area contributed by atoms with Crippen LogP contribution in [0.15, 0.2) is 85.1 Å². The lowest BCUT2D eigenvalue weighted by molar-refractivity contribution is -0.00277. The molecule has 0 radical (unpaired) electrons. The van der Waals surface area contributed by atoms with Crippen molar-refractivity contribution < 1.29 is 0 Å². The number of benzene rings is 3. The molecule has 1 aromatic heterocycles. The van der Waals surface area contributed by atoms with E-state index in [4.69, 9.17) is 4.98 Å². The van der Waals surface area contributed by atoms with Gasteiger partial charge in [0.2, 0.25) is 0 Å². The highest BCUT2D eigenvalue weighted by Crippen LogP contribution is 2.60. The number of aromatic nitrogens is 1. The van der Waals surface area contributed by atoms with Gasteiger partial charge in [-0.2, -0.15) is 0 Å². The molecule has 0 amide bonds. The number of hydrogen-bond donors (Lipinski definition) is 1. The second-order valence-corrected chi connectivity index (χ2v) is 14.0. The van der Waals surface area contributed by atoms with Crippen molar-refractivity contribution >= 4 is 11.4 Å². The Morgan fingerprint density at radius 3 is 2.12 bits per heavy atom. The van der Waals surface area contributed by atoms with Crippen LogP contribution in [0.5, 0.6) is 0 Å². The fourth-order valence-corrected chi connectivity index (χ4v) is 10.5. The summed E-state index contributed by atoms with van der Waals surface area (Å²) in [4.78, 5) is 4.76. The summed E-state index contributed by atoms with van der Waals surface area (Å²) in [7, 11) is 0. The maximum atomic E-state index is 4.76. The Bertz CT molecular complexity index is 1570. The van der Waals surface area contributed by atoms with E-state index in [0.717, 1.165) is 35.3 Å². The van der Waals surface area contributed by atoms with E-state index < -0.39 is 0 Å². The standard InChI is InChI=1S/C39H40N2/c1-3-16-39(17-4-1)34-8-6-7-33(36-9-2-5-18-40-36)38(34)32-15-14-31(24-35(32)39)41-30-12-10-27(11-13-30)37-28-20-25-19-26(22-28)23-29(37)21-25/h2,5-15,18,24-26,28-29,37,41H,1,3-4,16-17,19-23H2. The lowest BCUT2D eigenvalue weighted by atomic mass is 9.51. The van der Waals surface area contributed by atoms with Gasteiger partial charge in [-0.25, -0.2) is 0 Å². The van der Waals surface area contributed by atoms with Crippen molar-refractivity contribution in [2.24, 2.45) is 23.7 Å². The van der Waals surface area contributed by atoms with Gasteiger partial charge in [0.15, 0.2) is 0 Å². The van der Waals surface area contributed by atoms with Crippen LogP contribution in [-0.4, -0.2) is 4.98 Å². The lowest BCUT2D eigenvalue weighted by Crippen LogP contribution is -2.43. The van der Waals surface area contributed by atoms with E-state index in [2.05, 4.69) is 78.1 Å². The smallest absolute Gasteiger partial charge is 0.0708 e. The van der Waals surface area contributed by atoms with E-state index >= 15 is 0 Å². The van der Waals surface area contributed by atoms with Crippen LogP contribution >= 0.6 is 0 Å². The first kappa shape index (κ1) is 24.2. The van der Waals surface area contributed by atoms with Gasteiger partial charge in [0.1, 0.15) is 0 Å². The van der Waals surface area contributed by atoms with Crippen LogP contribution in [0.2, 0.25) is 0 Å². The van der Waals surface area contributed by atoms with Gasteiger partial charge in [-0.05, 0) is 139 Å². The first-order valence-corrected chi connectivity index (χ1v) is 16.3. The van der Waals surface area contributed by atoms with Crippen LogP contribution < -0.4 is 5.32 Å². The molecule has 6 aliphatic carbocycles. The van der Waals surface area contributed by atoms with Gasteiger partial charge in [-0.15, -0.1) is 0 Å². The quantitative estimate of drug-likeness (QED) is 0.281. The summed E-state index contributed by atoms with van der Waals surface area (Å²) >= 11 is 0. The SMILES string of the molecule is c1ccc(-c2cccc3c2-c2ccc(Nc4ccc(C5C6CC7CC(C6)CC5C7)cc4)cc2C32CCCCC2)nc1. The van der Waals surface area contributed by atoms with E-state index in [-0.39, 0.29) is 5.41 Å². The predicted molar refractivity (Wildman–Crippen MR) is 168 cm³/mol. The van der Waals surface area contributed by atoms with Crippen molar-refractivity contribution in [3.05, 3.63) is 102 Å². The van der Waals surface area contributed by atoms with Crippen molar-refractivity contribution in [2.75, 3.05) is 5.32 Å². The first-order chi connectivity index (χ1) is 20.2. The molecule has 6 aliphatic rings. The van der Waals surface area contributed by atoms with Crippen LogP contribution in [-0.2, 0) is 5.41 Å². The number of hydrogen-bond acceptors (Lipinski definition) is 2. The highest BCUT2D eigenvalue weighted by atomic mass is 14.9. The zero-order valence-corrected chi connectivity index (χ0v) is 24.0. The highest BCUT2D eigenvalue weighted by molar-refractivity contribution is 5.92. The van der Waals surface area contributed by atoms with Crippen molar-refractivity contribution in [2.45, 2.75) is 75.5 Å². The molecule has 1 heterocycles. The maximum Gasteiger partial charge on any atom is 0.0708 e. The third-order valence-electron chi connectivity index (χ3n) is 11.8. The summed E-state index contributed by atoms with van der Waals surface area (Å²) in [6, 6.07) is 29.9. The third-order valence-corrected chi connectivity index (χ3v) is 11.8. The van der Waals surface area contributed by atoms with Gasteiger partial charge in [-0.3, -0.25) is 4.98 Å². The van der Waals surface area contributed by atoms with Gasteiger partial charge in [-0.1, -0.05) is 61.7 Å². The van der Waals surface area contributed by atoms with Crippen molar-refractivity contribution in [1.82, 2.24) is 4.98 Å². The van der Waals surface area contributed by atoms with E-state index in [1.54, 1.807) is 5.56 Å². The molecular weight excluding hydrogens is 496 g/mol. The normalized spacial score (nSPS) is 28.4. The summed E-state index contributed by atoms with van der Waals surface area (Å²) in [5.74, 6) is 4.74. The molecule has 0 unspecified atom stereocenters. The molecule has 0 atom stereocenters. The minimum Gasteiger partial charge on any atom is -0.356 e. The van der Waals surface area contributed by atoms with Crippen LogP contribution in [0.3, 0.4) is 0 Å². The number of rotatable bonds is 4. The Labute approximate surface area is 244 Å². The number of nitrogens with zero attached hydrogens (tertiary/aromatic N) is 1. The molecule has 4 aromatic rings. The summed E-state index contributed by atoms with van der Waals surface area (Å²) in [6.45, 7) is 0. The van der Waals surface area contributed by atoms with Crippen molar-refractivity contribution in [3.63, 3.8) is 0 Å². The van der Waals surface area contributed by atoms with Gasteiger partial charge >= 0.3 is 0 Å². The second-order valence-electron chi connectivity index (χ2n) is 14.0. The Hall–Kier alpha value is -3.39. The Balaban J connectivity index is 1.05. The lowest BCUT2D eigenvalue weighted by Gasteiger charge is -2.54. The molecule has 1 spiro atoms. The number of pyridine rings is 1. The molecule has 4 bridgehead atoms. The molecule has 5 fully saturated rings. The summed E-state index contributed by atoms with van der Waals surface area (Å²) in [5, 5.41) is 3.81. The summed E-state index contributed by atoms with van der Waals surface area (Å²) in [5.41, 5.74) is 12.3. The molecule has 1 N–H and O–H groups in total. The number of nitrogens with one attached hydrogen (secondary N) is 1. The molecule has 2 nitrogen and oxygen atoms in total. The van der Waals surface area contributed by atoms with Gasteiger partial charge in [0, 0.05) is 28.6 Å². The largest absolute Gasteiger partial charge is 0.356 e. The zero-order valence-electron chi connectivity index (χ0n) is 24.0. The molecule has 3 aromatic carbocycles. The molecule has 10 rings (SSSR count). The molecule has 5 saturated carbocycles. The second kappa shape index (κ2) is 9.31. The topological polar surface area (TPSA) is 24.9 Å². The van der Waals surface area contributed by atoms with Crippen molar-refractivity contribution in [3.8, 4) is 22.4 Å². The average molecular weight is 537 g/mol. The molecule has 2 heteroatoms. The minimum atomic E-state index is 0.120. The molecule has 0 saturated heterocycles. The average Bonchev–Trinajstić information content (AvgIpc) is 3.27. The van der Waals surface area contributed by atoms with Crippen LogP contribution in [0.1, 0.15) is 86.8 Å².